The summed E-state index contributed by atoms with van der Waals surface area (Å²) in [5, 5.41) is 1.55. The van der Waals surface area contributed by atoms with Crippen LogP contribution in [0.25, 0.3) is 72.4 Å². The van der Waals surface area contributed by atoms with Gasteiger partial charge in [-0.2, -0.15) is 0 Å². The van der Waals surface area contributed by atoms with Gasteiger partial charge in [-0.3, -0.25) is 9.97 Å². The number of fused-ring (bicyclic) bond motifs is 3. The fraction of sp³-hybridized carbons (Fsp3) is 0. The zero-order valence-electron chi connectivity index (χ0n) is 32.5. The lowest BCUT2D eigenvalue weighted by Gasteiger charge is -2.11. The molecule has 4 aromatic heterocycles. The van der Waals surface area contributed by atoms with Gasteiger partial charge in [0, 0.05) is 40.6 Å². The predicted octanol–water partition coefficient (Wildman–Crippen LogP) is 9.64. The highest BCUT2D eigenvalue weighted by Crippen LogP contribution is 2.35. The Hall–Kier alpha value is -5.87. The summed E-state index contributed by atoms with van der Waals surface area (Å²) in [5.74, 6) is 0. The van der Waals surface area contributed by atoms with Gasteiger partial charge < -0.3 is 4.57 Å². The number of benzene rings is 4. The fourth-order valence-corrected chi connectivity index (χ4v) is 5.35. The van der Waals surface area contributed by atoms with Crippen LogP contribution in [-0.2, 0) is 0 Å². The quantitative estimate of drug-likeness (QED) is 0.210. The first-order valence-electron chi connectivity index (χ1n) is 18.5. The van der Waals surface area contributed by atoms with Crippen LogP contribution >= 0.6 is 0 Å². The average Bonchev–Trinajstić information content (AvgIpc) is 3.51. The van der Waals surface area contributed by atoms with E-state index in [4.69, 9.17) is 18.7 Å². The molecule has 4 aromatic carbocycles. The second kappa shape index (κ2) is 10.5. The van der Waals surface area contributed by atoms with Crippen molar-refractivity contribution in [2.24, 2.45) is 0 Å². The number of pyridine rings is 3. The Morgan fingerprint density at radius 3 is 1.98 bits per heavy atom. The summed E-state index contributed by atoms with van der Waals surface area (Å²) in [4.78, 5) is 13.5. The van der Waals surface area contributed by atoms with Crippen molar-refractivity contribution in [1.29, 1.82) is 0 Å². The van der Waals surface area contributed by atoms with Gasteiger partial charge in [-0.05, 0) is 76.8 Å². The molecule has 0 saturated heterocycles. The minimum absolute atomic E-state index is 0.00258. The maximum Gasteiger partial charge on any atom is 0.0899 e. The van der Waals surface area contributed by atoms with Crippen molar-refractivity contribution in [2.45, 2.75) is 0 Å². The Bertz CT molecular complexity index is 2730. The summed E-state index contributed by atoms with van der Waals surface area (Å²) in [7, 11) is 0. The topological polar surface area (TPSA) is 43.6 Å². The van der Waals surface area contributed by atoms with Gasteiger partial charge in [0.25, 0.3) is 0 Å². The Balaban J connectivity index is 1.25. The average molecular weight is 561 g/mol. The van der Waals surface area contributed by atoms with Crippen LogP contribution in [0.2, 0.25) is 0 Å². The molecule has 0 aliphatic heterocycles. The van der Waals surface area contributed by atoms with Crippen LogP contribution in [0.5, 0.6) is 0 Å². The maximum absolute atomic E-state index is 8.64. The molecule has 0 aliphatic rings. The molecule has 0 atom stereocenters. The van der Waals surface area contributed by atoms with Crippen molar-refractivity contribution in [1.82, 2.24) is 19.5 Å². The van der Waals surface area contributed by atoms with E-state index in [-0.39, 0.29) is 41.1 Å². The van der Waals surface area contributed by atoms with Crippen molar-refractivity contribution < 1.29 is 13.7 Å². The standard InChI is InChI=1S/C39H26N4/c1-3-9-29(10-4-1)36-24-31(25-37(42-36)35-13-7-8-21-41-35)28-16-14-27(15-17-28)30-18-19-38-33(23-30)34-26-40-22-20-39(34)43(38)32-11-5-2-6-12-32/h1-26H/i1D,2D,3D,4D,5D,6D,9D,10D,11D,12D. The third-order valence-electron chi connectivity index (χ3n) is 7.34. The first-order valence-corrected chi connectivity index (χ1v) is 13.5. The molecule has 0 fully saturated rings. The molecule has 0 amide bonds. The molecule has 0 bridgehead atoms. The van der Waals surface area contributed by atoms with E-state index < -0.39 is 36.3 Å². The lowest BCUT2D eigenvalue weighted by Crippen LogP contribution is -1.93. The molecule has 43 heavy (non-hydrogen) atoms. The largest absolute Gasteiger partial charge is 0.309 e. The van der Waals surface area contributed by atoms with Crippen LogP contribution < -0.4 is 0 Å². The third kappa shape index (κ3) is 4.55. The first-order chi connectivity index (χ1) is 25.5. The monoisotopic (exact) mass is 560 g/mol. The molecular formula is C39H26N4. The van der Waals surface area contributed by atoms with Gasteiger partial charge >= 0.3 is 0 Å². The highest BCUT2D eigenvalue weighted by Gasteiger charge is 2.14. The molecule has 4 nitrogen and oxygen atoms in total. The zero-order chi connectivity index (χ0) is 37.3. The van der Waals surface area contributed by atoms with E-state index in [1.807, 2.05) is 54.6 Å². The van der Waals surface area contributed by atoms with E-state index >= 15 is 0 Å². The van der Waals surface area contributed by atoms with Crippen LogP contribution in [0, 0.1) is 0 Å². The summed E-state index contributed by atoms with van der Waals surface area (Å²) in [6, 6.07) is 20.3. The minimum atomic E-state index is -0.478. The van der Waals surface area contributed by atoms with E-state index in [9.17, 15) is 0 Å². The van der Waals surface area contributed by atoms with Crippen molar-refractivity contribution in [2.75, 3.05) is 0 Å². The number of nitrogens with zero attached hydrogens (tertiary/aromatic N) is 4. The number of hydrogen-bond donors (Lipinski definition) is 0. The lowest BCUT2D eigenvalue weighted by molar-refractivity contribution is 1.17. The Morgan fingerprint density at radius 1 is 0.512 bits per heavy atom. The van der Waals surface area contributed by atoms with E-state index in [2.05, 4.69) is 9.97 Å². The van der Waals surface area contributed by atoms with Crippen LogP contribution in [0.4, 0.5) is 0 Å². The van der Waals surface area contributed by atoms with Crippen LogP contribution in [0.1, 0.15) is 13.7 Å². The molecule has 0 aliphatic carbocycles. The third-order valence-corrected chi connectivity index (χ3v) is 7.34. The molecule has 0 N–H and O–H groups in total. The van der Waals surface area contributed by atoms with E-state index in [0.717, 1.165) is 27.5 Å². The first kappa shape index (κ1) is 16.5. The molecule has 202 valence electrons. The summed E-state index contributed by atoms with van der Waals surface area (Å²) in [6.45, 7) is 0. The molecule has 8 rings (SSSR count). The van der Waals surface area contributed by atoms with E-state index in [1.54, 1.807) is 47.4 Å². The van der Waals surface area contributed by atoms with Gasteiger partial charge in [-0.25, -0.2) is 4.98 Å². The molecule has 4 heterocycles. The van der Waals surface area contributed by atoms with Gasteiger partial charge in [0.15, 0.2) is 0 Å². The second-order valence-corrected chi connectivity index (χ2v) is 9.85. The lowest BCUT2D eigenvalue weighted by atomic mass is 9.97. The van der Waals surface area contributed by atoms with Gasteiger partial charge in [0.05, 0.1) is 41.8 Å². The van der Waals surface area contributed by atoms with Crippen molar-refractivity contribution >= 4 is 21.8 Å². The highest BCUT2D eigenvalue weighted by atomic mass is 15.0. The zero-order valence-corrected chi connectivity index (χ0v) is 22.5. The summed E-state index contributed by atoms with van der Waals surface area (Å²) in [5.41, 5.74) is 5.88. The SMILES string of the molecule is [2H]c1c([2H])c([2H])c(-c2cc(-c3ccc(-c4ccc5c(c4)c4cnccc4n5-c4c([2H])c([2H])c([2H])c([2H])c4[2H])cc3)cc(-c3ccccn3)n2)c([2H])c1[2H]. The Kier molecular flexibility index (Phi) is 4.04. The highest BCUT2D eigenvalue weighted by molar-refractivity contribution is 6.10. The van der Waals surface area contributed by atoms with Crippen molar-refractivity contribution in [3.05, 3.63) is 158 Å². The van der Waals surface area contributed by atoms with Gasteiger partial charge in [-0.1, -0.05) is 84.7 Å². The molecule has 0 radical (unpaired) electrons. The van der Waals surface area contributed by atoms with Crippen molar-refractivity contribution in [3.8, 4) is 50.6 Å². The van der Waals surface area contributed by atoms with Gasteiger partial charge in [0.2, 0.25) is 0 Å². The minimum Gasteiger partial charge on any atom is -0.309 e. The maximum atomic E-state index is 8.64. The fourth-order valence-electron chi connectivity index (χ4n) is 5.35. The molecule has 0 saturated carbocycles. The van der Waals surface area contributed by atoms with Gasteiger partial charge in [-0.15, -0.1) is 0 Å². The molecule has 0 spiro atoms. The normalized spacial score (nSPS) is 14.5. The second-order valence-electron chi connectivity index (χ2n) is 9.85. The number of hydrogen-bond acceptors (Lipinski definition) is 3. The Morgan fingerprint density at radius 2 is 1.21 bits per heavy atom. The van der Waals surface area contributed by atoms with Crippen molar-refractivity contribution in [3.63, 3.8) is 0 Å². The summed E-state index contributed by atoms with van der Waals surface area (Å²) in [6.07, 6.45) is 4.94. The summed E-state index contributed by atoms with van der Waals surface area (Å²) >= 11 is 0. The molecule has 8 aromatic rings. The van der Waals surface area contributed by atoms with E-state index in [0.29, 0.717) is 28.0 Å². The number of para-hydroxylation sites is 1. The van der Waals surface area contributed by atoms with Crippen LogP contribution in [-0.4, -0.2) is 19.5 Å². The summed E-state index contributed by atoms with van der Waals surface area (Å²) < 4.78 is 85.2. The smallest absolute Gasteiger partial charge is 0.0899 e. The molecular weight excluding hydrogens is 524 g/mol. The Labute approximate surface area is 263 Å². The number of rotatable bonds is 5. The van der Waals surface area contributed by atoms with E-state index in [1.165, 1.54) is 0 Å². The van der Waals surface area contributed by atoms with Gasteiger partial charge in [0.1, 0.15) is 0 Å². The van der Waals surface area contributed by atoms with Crippen LogP contribution in [0.15, 0.2) is 158 Å². The number of aromatic nitrogens is 4. The molecule has 0 unspecified atom stereocenters. The predicted molar refractivity (Wildman–Crippen MR) is 176 cm³/mol. The van der Waals surface area contributed by atoms with Crippen LogP contribution in [0.3, 0.4) is 0 Å². The molecule has 4 heteroatoms.